The molecule has 0 unspecified atom stereocenters. The molecule has 0 saturated carbocycles. The summed E-state index contributed by atoms with van der Waals surface area (Å²) >= 11 is 5.82. The Labute approximate surface area is 219 Å². The fourth-order valence-electron chi connectivity index (χ4n) is 4.10. The maximum absolute atomic E-state index is 13.2. The molecule has 0 aliphatic carbocycles. The molecular formula is C29H27ClFNO5. The molecule has 6 nitrogen and oxygen atoms in total. The number of carbonyl (C=O) groups is 3. The predicted molar refractivity (Wildman–Crippen MR) is 139 cm³/mol. The van der Waals surface area contributed by atoms with Crippen molar-refractivity contribution < 1.29 is 28.2 Å². The second kappa shape index (κ2) is 11.6. The molecule has 4 rings (SSSR count). The molecule has 0 radical (unpaired) electrons. The largest absolute Gasteiger partial charge is 0.457 e. The minimum Gasteiger partial charge on any atom is -0.457 e. The van der Waals surface area contributed by atoms with E-state index in [1.165, 1.54) is 34.7 Å². The number of hydrogen-bond donors (Lipinski definition) is 0. The lowest BCUT2D eigenvalue weighted by Crippen LogP contribution is -2.32. The van der Waals surface area contributed by atoms with E-state index in [0.717, 1.165) is 11.3 Å². The van der Waals surface area contributed by atoms with Crippen LogP contribution in [0.5, 0.6) is 11.5 Å². The Bertz CT molecular complexity index is 1290. The average molecular weight is 524 g/mol. The SMILES string of the molecule is Cc1ccc(Oc2ccc(N3C[C@H](C(=O)O[C@@H](CCCl)C(=O)c4ccc(F)cc4)CC3=O)cc2)cc1C. The first-order valence-corrected chi connectivity index (χ1v) is 12.5. The van der Waals surface area contributed by atoms with Crippen LogP contribution < -0.4 is 9.64 Å². The zero-order chi connectivity index (χ0) is 26.5. The fraction of sp³-hybridized carbons (Fsp3) is 0.276. The second-order valence-electron chi connectivity index (χ2n) is 9.02. The summed E-state index contributed by atoms with van der Waals surface area (Å²) in [6.07, 6.45) is -1.03. The Hall–Kier alpha value is -3.71. The molecular weight excluding hydrogens is 497 g/mol. The highest BCUT2D eigenvalue weighted by atomic mass is 35.5. The molecule has 1 aliphatic rings. The van der Waals surface area contributed by atoms with Gasteiger partial charge < -0.3 is 14.4 Å². The first-order chi connectivity index (χ1) is 17.7. The Balaban J connectivity index is 1.39. The number of aryl methyl sites for hydroxylation is 2. The smallest absolute Gasteiger partial charge is 0.312 e. The van der Waals surface area contributed by atoms with Crippen LogP contribution in [0.3, 0.4) is 0 Å². The first kappa shape index (κ1) is 26.4. The number of carbonyl (C=O) groups excluding carboxylic acids is 3. The molecule has 0 spiro atoms. The molecule has 3 aromatic carbocycles. The van der Waals surface area contributed by atoms with Crippen molar-refractivity contribution in [2.45, 2.75) is 32.8 Å². The number of esters is 1. The van der Waals surface area contributed by atoms with Crippen molar-refractivity contribution in [3.63, 3.8) is 0 Å². The molecule has 192 valence electrons. The number of alkyl halides is 1. The zero-order valence-electron chi connectivity index (χ0n) is 20.6. The van der Waals surface area contributed by atoms with Gasteiger partial charge in [0, 0.05) is 36.5 Å². The van der Waals surface area contributed by atoms with E-state index in [2.05, 4.69) is 0 Å². The summed E-state index contributed by atoms with van der Waals surface area (Å²) in [5.41, 5.74) is 3.16. The van der Waals surface area contributed by atoms with Crippen LogP contribution in [0.4, 0.5) is 10.1 Å². The summed E-state index contributed by atoms with van der Waals surface area (Å²) in [5.74, 6) is -1.09. The van der Waals surface area contributed by atoms with Crippen LogP contribution >= 0.6 is 11.6 Å². The number of amides is 1. The van der Waals surface area contributed by atoms with Gasteiger partial charge in [0.2, 0.25) is 11.7 Å². The lowest BCUT2D eigenvalue weighted by atomic mass is 10.0. The summed E-state index contributed by atoms with van der Waals surface area (Å²) in [5, 5.41) is 0. The molecule has 0 aromatic heterocycles. The molecule has 1 fully saturated rings. The standard InChI is InChI=1S/C29H27ClFNO5/c1-18-3-10-25(15-19(18)2)36-24-11-8-23(9-12-24)32-17-21(16-27(32)33)29(35)37-26(13-14-30)28(34)20-4-6-22(31)7-5-20/h3-12,15,21,26H,13-14,16-17H2,1-2H3/t21-,26+/m1/s1. The third-order valence-electron chi connectivity index (χ3n) is 6.37. The van der Waals surface area contributed by atoms with Crippen LogP contribution in [0.25, 0.3) is 0 Å². The molecule has 3 aromatic rings. The predicted octanol–water partition coefficient (Wildman–Crippen LogP) is 6.01. The zero-order valence-corrected chi connectivity index (χ0v) is 21.3. The Morgan fingerprint density at radius 3 is 2.32 bits per heavy atom. The van der Waals surface area contributed by atoms with Gasteiger partial charge in [-0.2, -0.15) is 0 Å². The van der Waals surface area contributed by atoms with Gasteiger partial charge in [-0.1, -0.05) is 6.07 Å². The number of hydrogen-bond acceptors (Lipinski definition) is 5. The van der Waals surface area contributed by atoms with E-state index >= 15 is 0 Å². The number of halogens is 2. The van der Waals surface area contributed by atoms with E-state index in [1.807, 2.05) is 32.0 Å². The summed E-state index contributed by atoms with van der Waals surface area (Å²) in [6.45, 7) is 4.18. The molecule has 1 heterocycles. The molecule has 1 amide bonds. The van der Waals surface area contributed by atoms with E-state index in [1.54, 1.807) is 24.3 Å². The van der Waals surface area contributed by atoms with Crippen molar-refractivity contribution in [1.29, 1.82) is 0 Å². The van der Waals surface area contributed by atoms with Crippen LogP contribution in [0, 0.1) is 25.6 Å². The third-order valence-corrected chi connectivity index (χ3v) is 6.59. The maximum atomic E-state index is 13.2. The van der Waals surface area contributed by atoms with Crippen molar-refractivity contribution in [1.82, 2.24) is 0 Å². The number of ketones is 1. The summed E-state index contributed by atoms with van der Waals surface area (Å²) in [7, 11) is 0. The highest BCUT2D eigenvalue weighted by molar-refractivity contribution is 6.18. The lowest BCUT2D eigenvalue weighted by molar-refractivity contribution is -0.151. The Kier molecular flexibility index (Phi) is 8.24. The van der Waals surface area contributed by atoms with Crippen molar-refractivity contribution in [2.75, 3.05) is 17.3 Å². The molecule has 1 saturated heterocycles. The molecule has 8 heteroatoms. The van der Waals surface area contributed by atoms with Crippen LogP contribution in [-0.2, 0) is 14.3 Å². The topological polar surface area (TPSA) is 72.9 Å². The molecule has 0 bridgehead atoms. The summed E-state index contributed by atoms with van der Waals surface area (Å²) in [4.78, 5) is 39.9. The average Bonchev–Trinajstić information content (AvgIpc) is 3.28. The highest BCUT2D eigenvalue weighted by Gasteiger charge is 2.38. The van der Waals surface area contributed by atoms with Crippen molar-refractivity contribution in [2.24, 2.45) is 5.92 Å². The Morgan fingerprint density at radius 2 is 1.68 bits per heavy atom. The van der Waals surface area contributed by atoms with Gasteiger partial charge in [-0.15, -0.1) is 11.6 Å². The fourth-order valence-corrected chi connectivity index (χ4v) is 4.30. The van der Waals surface area contributed by atoms with Crippen LogP contribution in [0.15, 0.2) is 66.7 Å². The number of nitrogens with zero attached hydrogens (tertiary/aromatic N) is 1. The number of ether oxygens (including phenoxy) is 2. The minimum absolute atomic E-state index is 0.0297. The van der Waals surface area contributed by atoms with Gasteiger partial charge >= 0.3 is 5.97 Å². The van der Waals surface area contributed by atoms with Crippen molar-refractivity contribution in [3.8, 4) is 11.5 Å². The minimum atomic E-state index is -1.11. The quantitative estimate of drug-likeness (QED) is 0.195. The third kappa shape index (κ3) is 6.35. The van der Waals surface area contributed by atoms with Gasteiger partial charge in [-0.25, -0.2) is 4.39 Å². The number of Topliss-reactive ketones (excluding diaryl/α,β-unsaturated/α-hetero) is 1. The van der Waals surface area contributed by atoms with E-state index in [-0.39, 0.29) is 36.7 Å². The van der Waals surface area contributed by atoms with E-state index in [9.17, 15) is 18.8 Å². The summed E-state index contributed by atoms with van der Waals surface area (Å²) in [6, 6.07) is 17.9. The van der Waals surface area contributed by atoms with Gasteiger partial charge in [-0.3, -0.25) is 14.4 Å². The van der Waals surface area contributed by atoms with Gasteiger partial charge in [0.05, 0.1) is 5.92 Å². The van der Waals surface area contributed by atoms with E-state index < -0.39 is 29.6 Å². The molecule has 1 aliphatic heterocycles. The van der Waals surface area contributed by atoms with Crippen LogP contribution in [0.1, 0.15) is 34.3 Å². The monoisotopic (exact) mass is 523 g/mol. The number of anilines is 1. The number of rotatable bonds is 9. The van der Waals surface area contributed by atoms with E-state index in [4.69, 9.17) is 21.1 Å². The summed E-state index contributed by atoms with van der Waals surface area (Å²) < 4.78 is 24.6. The number of benzene rings is 3. The van der Waals surface area contributed by atoms with Crippen molar-refractivity contribution >= 4 is 34.9 Å². The van der Waals surface area contributed by atoms with E-state index in [0.29, 0.717) is 11.4 Å². The first-order valence-electron chi connectivity index (χ1n) is 12.0. The van der Waals surface area contributed by atoms with Crippen LogP contribution in [0.2, 0.25) is 0 Å². The molecule has 2 atom stereocenters. The van der Waals surface area contributed by atoms with Gasteiger partial charge in [0.25, 0.3) is 0 Å². The van der Waals surface area contributed by atoms with Gasteiger partial charge in [-0.05, 0) is 85.6 Å². The molecule has 0 N–H and O–H groups in total. The van der Waals surface area contributed by atoms with Crippen LogP contribution in [-0.4, -0.2) is 36.2 Å². The normalized spacial score (nSPS) is 15.9. The second-order valence-corrected chi connectivity index (χ2v) is 9.40. The van der Waals surface area contributed by atoms with Gasteiger partial charge in [0.1, 0.15) is 17.3 Å². The molecule has 37 heavy (non-hydrogen) atoms. The Morgan fingerprint density at radius 1 is 1.00 bits per heavy atom. The lowest BCUT2D eigenvalue weighted by Gasteiger charge is -2.19. The van der Waals surface area contributed by atoms with Crippen molar-refractivity contribution in [3.05, 3.63) is 89.2 Å². The van der Waals surface area contributed by atoms with Gasteiger partial charge in [0.15, 0.2) is 6.10 Å². The highest BCUT2D eigenvalue weighted by Crippen LogP contribution is 2.30. The maximum Gasteiger partial charge on any atom is 0.312 e.